The lowest BCUT2D eigenvalue weighted by molar-refractivity contribution is 0.0949. The Morgan fingerprint density at radius 2 is 2.00 bits per heavy atom. The van der Waals surface area contributed by atoms with Gasteiger partial charge in [-0.3, -0.25) is 9.59 Å². The van der Waals surface area contributed by atoms with Gasteiger partial charge < -0.3 is 15.0 Å². The summed E-state index contributed by atoms with van der Waals surface area (Å²) >= 11 is 0. The Morgan fingerprint density at radius 1 is 1.25 bits per heavy atom. The molecule has 1 amide bonds. The molecule has 0 bridgehead atoms. The predicted octanol–water partition coefficient (Wildman–Crippen LogP) is 2.00. The van der Waals surface area contributed by atoms with E-state index in [1.165, 1.54) is 25.4 Å². The number of fused-ring (bicyclic) bond motifs is 1. The molecule has 2 aromatic heterocycles. The fourth-order valence-corrected chi connectivity index (χ4v) is 2.24. The van der Waals surface area contributed by atoms with Crippen molar-refractivity contribution in [3.8, 4) is 5.88 Å². The molecule has 2 heterocycles. The van der Waals surface area contributed by atoms with Crippen molar-refractivity contribution >= 4 is 16.9 Å². The van der Waals surface area contributed by atoms with Gasteiger partial charge >= 0.3 is 0 Å². The molecule has 3 aromatic rings. The first-order valence-corrected chi connectivity index (χ1v) is 7.17. The van der Waals surface area contributed by atoms with Crippen molar-refractivity contribution in [1.29, 1.82) is 0 Å². The largest absolute Gasteiger partial charge is 0.481 e. The van der Waals surface area contributed by atoms with Gasteiger partial charge in [0.25, 0.3) is 5.91 Å². The Morgan fingerprint density at radius 3 is 2.71 bits per heavy atom. The average Bonchev–Trinajstić information content (AvgIpc) is 2.61. The summed E-state index contributed by atoms with van der Waals surface area (Å²) in [5.74, 6) is -0.597. The van der Waals surface area contributed by atoms with Crippen molar-refractivity contribution in [3.05, 3.63) is 69.8 Å². The lowest BCUT2D eigenvalue weighted by Crippen LogP contribution is -2.28. The summed E-state index contributed by atoms with van der Waals surface area (Å²) in [5, 5.41) is 2.63. The molecule has 6 nitrogen and oxygen atoms in total. The third kappa shape index (κ3) is 3.10. The molecular formula is C17H14FN3O3. The Hall–Kier alpha value is -3.22. The van der Waals surface area contributed by atoms with Crippen LogP contribution in [-0.4, -0.2) is 23.0 Å². The molecule has 0 radical (unpaired) electrons. The quantitative estimate of drug-likeness (QED) is 0.768. The van der Waals surface area contributed by atoms with Gasteiger partial charge in [0, 0.05) is 18.8 Å². The number of methoxy groups -OCH3 is 1. The number of ether oxygens (including phenoxy) is 1. The van der Waals surface area contributed by atoms with Gasteiger partial charge in [0.2, 0.25) is 11.3 Å². The molecule has 0 fully saturated rings. The van der Waals surface area contributed by atoms with Crippen molar-refractivity contribution in [1.82, 2.24) is 15.3 Å². The zero-order valence-corrected chi connectivity index (χ0v) is 12.8. The number of carbonyl (C=O) groups excluding carboxylic acids is 1. The summed E-state index contributed by atoms with van der Waals surface area (Å²) in [6.07, 6.45) is 1.35. The van der Waals surface area contributed by atoms with Crippen LogP contribution in [0.25, 0.3) is 11.0 Å². The molecule has 0 saturated heterocycles. The summed E-state index contributed by atoms with van der Waals surface area (Å²) in [6, 6.07) is 9.01. The second-order valence-electron chi connectivity index (χ2n) is 5.09. The first-order valence-electron chi connectivity index (χ1n) is 7.17. The van der Waals surface area contributed by atoms with E-state index in [0.717, 1.165) is 5.56 Å². The lowest BCUT2D eigenvalue weighted by Gasteiger charge is -2.06. The molecule has 3 rings (SSSR count). The zero-order chi connectivity index (χ0) is 17.1. The average molecular weight is 327 g/mol. The molecule has 0 aliphatic carbocycles. The van der Waals surface area contributed by atoms with Crippen LogP contribution in [0.15, 0.2) is 47.4 Å². The maximum Gasteiger partial charge on any atom is 0.257 e. The van der Waals surface area contributed by atoms with Gasteiger partial charge in [-0.2, -0.15) is 0 Å². The smallest absolute Gasteiger partial charge is 0.257 e. The van der Waals surface area contributed by atoms with Gasteiger partial charge in [-0.05, 0) is 23.8 Å². The van der Waals surface area contributed by atoms with E-state index in [0.29, 0.717) is 5.52 Å². The number of pyridine rings is 2. The molecule has 122 valence electrons. The van der Waals surface area contributed by atoms with Crippen LogP contribution in [0.1, 0.15) is 15.9 Å². The van der Waals surface area contributed by atoms with Crippen LogP contribution >= 0.6 is 0 Å². The van der Waals surface area contributed by atoms with E-state index in [1.807, 2.05) is 0 Å². The van der Waals surface area contributed by atoms with Crippen LogP contribution in [0, 0.1) is 5.82 Å². The number of rotatable bonds is 4. The van der Waals surface area contributed by atoms with Gasteiger partial charge in [0.15, 0.2) is 0 Å². The molecule has 7 heteroatoms. The van der Waals surface area contributed by atoms with Gasteiger partial charge in [-0.25, -0.2) is 9.37 Å². The number of nitrogens with one attached hydrogen (secondary N) is 2. The Kier molecular flexibility index (Phi) is 4.24. The highest BCUT2D eigenvalue weighted by Gasteiger charge is 2.14. The number of hydrogen-bond acceptors (Lipinski definition) is 4. The SMILES string of the molecule is COc1ccc2[nH]cc(C(=O)NCc3ccc(F)cc3)c(=O)c2n1. The van der Waals surface area contributed by atoms with Gasteiger partial charge in [0.05, 0.1) is 12.6 Å². The van der Waals surface area contributed by atoms with E-state index in [4.69, 9.17) is 4.74 Å². The molecule has 0 aliphatic heterocycles. The van der Waals surface area contributed by atoms with Crippen molar-refractivity contribution in [2.24, 2.45) is 0 Å². The molecule has 0 saturated carbocycles. The van der Waals surface area contributed by atoms with Gasteiger partial charge in [0.1, 0.15) is 16.9 Å². The van der Waals surface area contributed by atoms with Crippen LogP contribution in [0.5, 0.6) is 5.88 Å². The number of aromatic nitrogens is 2. The number of aromatic amines is 1. The Balaban J connectivity index is 1.85. The molecule has 0 spiro atoms. The summed E-state index contributed by atoms with van der Waals surface area (Å²) in [7, 11) is 1.45. The second kappa shape index (κ2) is 6.49. The van der Waals surface area contributed by atoms with Crippen molar-refractivity contribution in [3.63, 3.8) is 0 Å². The van der Waals surface area contributed by atoms with Crippen LogP contribution in [0.3, 0.4) is 0 Å². The van der Waals surface area contributed by atoms with Crippen LogP contribution < -0.4 is 15.5 Å². The summed E-state index contributed by atoms with van der Waals surface area (Å²) in [6.45, 7) is 0.183. The third-order valence-electron chi connectivity index (χ3n) is 3.52. The Labute approximate surface area is 136 Å². The lowest BCUT2D eigenvalue weighted by atomic mass is 10.2. The standard InChI is InChI=1S/C17H14FN3O3/c1-24-14-7-6-13-15(21-14)16(22)12(9-19-13)17(23)20-8-10-2-4-11(18)5-3-10/h2-7,9H,8H2,1H3,(H,19,22)(H,20,23). The van der Waals surface area contributed by atoms with Crippen molar-refractivity contribution in [2.75, 3.05) is 7.11 Å². The summed E-state index contributed by atoms with van der Waals surface area (Å²) in [4.78, 5) is 31.6. The summed E-state index contributed by atoms with van der Waals surface area (Å²) < 4.78 is 17.9. The van der Waals surface area contributed by atoms with Gasteiger partial charge in [-0.1, -0.05) is 12.1 Å². The van der Waals surface area contributed by atoms with Crippen LogP contribution in [0.2, 0.25) is 0 Å². The number of nitrogens with zero attached hydrogens (tertiary/aromatic N) is 1. The minimum atomic E-state index is -0.535. The summed E-state index contributed by atoms with van der Waals surface area (Å²) in [5.41, 5.74) is 0.825. The number of amides is 1. The topological polar surface area (TPSA) is 84.1 Å². The monoisotopic (exact) mass is 327 g/mol. The first kappa shape index (κ1) is 15.7. The second-order valence-corrected chi connectivity index (χ2v) is 5.09. The Bertz CT molecular complexity index is 951. The van der Waals surface area contributed by atoms with E-state index in [1.54, 1.807) is 24.3 Å². The maximum atomic E-state index is 12.9. The third-order valence-corrected chi connectivity index (χ3v) is 3.52. The molecule has 1 aromatic carbocycles. The zero-order valence-electron chi connectivity index (χ0n) is 12.8. The molecule has 0 unspecified atom stereocenters. The number of benzene rings is 1. The number of halogens is 1. The fraction of sp³-hybridized carbons (Fsp3) is 0.118. The molecule has 24 heavy (non-hydrogen) atoms. The number of carbonyl (C=O) groups is 1. The van der Waals surface area contributed by atoms with Crippen molar-refractivity contribution in [2.45, 2.75) is 6.54 Å². The highest BCUT2D eigenvalue weighted by Crippen LogP contribution is 2.12. The predicted molar refractivity (Wildman–Crippen MR) is 86.5 cm³/mol. The van der Waals surface area contributed by atoms with Crippen LogP contribution in [0.4, 0.5) is 4.39 Å². The van der Waals surface area contributed by atoms with Crippen LogP contribution in [-0.2, 0) is 6.54 Å². The van der Waals surface area contributed by atoms with E-state index >= 15 is 0 Å². The number of H-pyrrole nitrogens is 1. The maximum absolute atomic E-state index is 12.9. The van der Waals surface area contributed by atoms with Gasteiger partial charge in [-0.15, -0.1) is 0 Å². The highest BCUT2D eigenvalue weighted by molar-refractivity contribution is 5.96. The highest BCUT2D eigenvalue weighted by atomic mass is 19.1. The fourth-order valence-electron chi connectivity index (χ4n) is 2.24. The van der Waals surface area contributed by atoms with Crippen molar-refractivity contribution < 1.29 is 13.9 Å². The van der Waals surface area contributed by atoms with E-state index in [9.17, 15) is 14.0 Å². The van der Waals surface area contributed by atoms with E-state index in [-0.39, 0.29) is 29.3 Å². The molecule has 0 aliphatic rings. The molecular weight excluding hydrogens is 313 g/mol. The van der Waals surface area contributed by atoms with E-state index < -0.39 is 11.3 Å². The van der Waals surface area contributed by atoms with E-state index in [2.05, 4.69) is 15.3 Å². The minimum absolute atomic E-state index is 0.0506. The number of hydrogen-bond donors (Lipinski definition) is 2. The molecule has 0 atom stereocenters. The first-order chi connectivity index (χ1) is 11.6. The molecule has 2 N–H and O–H groups in total. The minimum Gasteiger partial charge on any atom is -0.481 e. The normalized spacial score (nSPS) is 10.6.